The molecule has 26 heavy (non-hydrogen) atoms. The second-order valence-corrected chi connectivity index (χ2v) is 8.67. The Bertz CT molecular complexity index is 695. The predicted molar refractivity (Wildman–Crippen MR) is 98.9 cm³/mol. The molecule has 8 heteroatoms. The number of carbonyl (C=O) groups is 1. The van der Waals surface area contributed by atoms with Crippen LogP contribution in [0.5, 0.6) is 5.75 Å². The summed E-state index contributed by atoms with van der Waals surface area (Å²) in [5, 5.41) is 8.99. The zero-order valence-electron chi connectivity index (χ0n) is 15.6. The molecule has 0 radical (unpaired) electrons. The first-order chi connectivity index (χ1) is 12.2. The lowest BCUT2D eigenvalue weighted by Crippen LogP contribution is -2.48. The fourth-order valence-corrected chi connectivity index (χ4v) is 4.70. The van der Waals surface area contributed by atoms with Crippen LogP contribution in [0.15, 0.2) is 29.2 Å². The van der Waals surface area contributed by atoms with E-state index in [1.54, 1.807) is 24.3 Å². The molecule has 1 aromatic rings. The van der Waals surface area contributed by atoms with E-state index in [1.807, 2.05) is 25.7 Å². The van der Waals surface area contributed by atoms with Crippen molar-refractivity contribution in [3.05, 3.63) is 24.3 Å². The van der Waals surface area contributed by atoms with Gasteiger partial charge in [0.2, 0.25) is 10.0 Å². The third-order valence-electron chi connectivity index (χ3n) is 4.52. The van der Waals surface area contributed by atoms with Crippen LogP contribution in [0.1, 0.15) is 33.6 Å². The summed E-state index contributed by atoms with van der Waals surface area (Å²) >= 11 is 0. The van der Waals surface area contributed by atoms with E-state index in [0.717, 1.165) is 0 Å². The van der Waals surface area contributed by atoms with Crippen LogP contribution in [0.2, 0.25) is 0 Å². The summed E-state index contributed by atoms with van der Waals surface area (Å²) in [7, 11) is -3.54. The van der Waals surface area contributed by atoms with Crippen molar-refractivity contribution in [3.63, 3.8) is 0 Å². The summed E-state index contributed by atoms with van der Waals surface area (Å²) in [5.41, 5.74) is 0. The van der Waals surface area contributed by atoms with Gasteiger partial charge >= 0.3 is 5.97 Å². The maximum atomic E-state index is 12.8. The highest BCUT2D eigenvalue weighted by atomic mass is 32.2. The molecule has 7 nitrogen and oxygen atoms in total. The second kappa shape index (κ2) is 8.83. The van der Waals surface area contributed by atoms with E-state index in [-0.39, 0.29) is 23.6 Å². The van der Waals surface area contributed by atoms with Gasteiger partial charge in [0, 0.05) is 19.1 Å². The molecule has 0 unspecified atom stereocenters. The molecule has 0 aromatic heterocycles. The van der Waals surface area contributed by atoms with E-state index in [4.69, 9.17) is 9.84 Å². The number of ether oxygens (including phenoxy) is 1. The molecule has 146 valence electrons. The first-order valence-electron chi connectivity index (χ1n) is 8.96. The Balaban J connectivity index is 2.02. The molecule has 1 N–H and O–H groups in total. The second-order valence-electron chi connectivity index (χ2n) is 6.73. The van der Waals surface area contributed by atoms with Gasteiger partial charge in [-0.05, 0) is 57.5 Å². The largest absolute Gasteiger partial charge is 0.491 e. The van der Waals surface area contributed by atoms with Gasteiger partial charge in [-0.3, -0.25) is 9.69 Å². The van der Waals surface area contributed by atoms with E-state index in [0.29, 0.717) is 38.2 Å². The standard InChI is InChI=1S/C18H28N2O5S/c1-4-19(13-18(21)22)15-9-11-20(12-10-15)26(23,24)17-7-5-16(6-8-17)25-14(2)3/h5-8,14-15H,4,9-13H2,1-3H3,(H,21,22). The summed E-state index contributed by atoms with van der Waals surface area (Å²) in [6.07, 6.45) is 1.30. The predicted octanol–water partition coefficient (Wildman–Crippen LogP) is 2.03. The number of hydrogen-bond donors (Lipinski definition) is 1. The van der Waals surface area contributed by atoms with Gasteiger partial charge in [-0.25, -0.2) is 8.42 Å². The van der Waals surface area contributed by atoms with Crippen molar-refractivity contribution in [3.8, 4) is 5.75 Å². The van der Waals surface area contributed by atoms with Gasteiger partial charge in [-0.1, -0.05) is 6.92 Å². The van der Waals surface area contributed by atoms with Crippen LogP contribution in [0.3, 0.4) is 0 Å². The molecule has 0 saturated carbocycles. The van der Waals surface area contributed by atoms with Gasteiger partial charge in [0.25, 0.3) is 0 Å². The molecule has 1 aliphatic heterocycles. The van der Waals surface area contributed by atoms with E-state index in [9.17, 15) is 13.2 Å². The fourth-order valence-electron chi connectivity index (χ4n) is 3.23. The molecule has 2 rings (SSSR count). The highest BCUT2D eigenvalue weighted by Gasteiger charge is 2.31. The van der Waals surface area contributed by atoms with Crippen molar-refractivity contribution < 1.29 is 23.1 Å². The van der Waals surface area contributed by atoms with Crippen LogP contribution >= 0.6 is 0 Å². The summed E-state index contributed by atoms with van der Waals surface area (Å²) in [6, 6.07) is 6.59. The van der Waals surface area contributed by atoms with Crippen molar-refractivity contribution in [2.45, 2.75) is 50.7 Å². The summed E-state index contributed by atoms with van der Waals surface area (Å²) < 4.78 is 32.7. The van der Waals surface area contributed by atoms with Gasteiger partial charge in [0.05, 0.1) is 17.5 Å². The van der Waals surface area contributed by atoms with E-state index >= 15 is 0 Å². The number of sulfonamides is 1. The summed E-state index contributed by atoms with van der Waals surface area (Å²) in [4.78, 5) is 13.1. The smallest absolute Gasteiger partial charge is 0.317 e. The molecule has 0 amide bonds. The number of likely N-dealkylation sites (N-methyl/N-ethyl adjacent to an activating group) is 1. The molecule has 0 atom stereocenters. The molecule has 1 saturated heterocycles. The van der Waals surface area contributed by atoms with Crippen molar-refractivity contribution in [2.24, 2.45) is 0 Å². The first-order valence-corrected chi connectivity index (χ1v) is 10.4. The number of rotatable bonds is 8. The Kier molecular flexibility index (Phi) is 7.02. The Morgan fingerprint density at radius 1 is 1.27 bits per heavy atom. The fraction of sp³-hybridized carbons (Fsp3) is 0.611. The third kappa shape index (κ3) is 5.18. The Labute approximate surface area is 155 Å². The lowest BCUT2D eigenvalue weighted by Gasteiger charge is -2.36. The summed E-state index contributed by atoms with van der Waals surface area (Å²) in [6.45, 7) is 7.18. The number of aliphatic carboxylic acids is 1. The van der Waals surface area contributed by atoms with Crippen LogP contribution < -0.4 is 4.74 Å². The third-order valence-corrected chi connectivity index (χ3v) is 6.43. The topological polar surface area (TPSA) is 87.2 Å². The number of benzene rings is 1. The molecule has 0 bridgehead atoms. The minimum Gasteiger partial charge on any atom is -0.491 e. The van der Waals surface area contributed by atoms with Crippen molar-refractivity contribution >= 4 is 16.0 Å². The molecular formula is C18H28N2O5S. The molecular weight excluding hydrogens is 356 g/mol. The van der Waals surface area contributed by atoms with Gasteiger partial charge in [-0.2, -0.15) is 4.31 Å². The zero-order chi connectivity index (χ0) is 19.3. The van der Waals surface area contributed by atoms with Crippen molar-refractivity contribution in [1.29, 1.82) is 0 Å². The molecule has 1 aromatic carbocycles. The van der Waals surface area contributed by atoms with Crippen molar-refractivity contribution in [1.82, 2.24) is 9.21 Å². The molecule has 1 fully saturated rings. The Hall–Kier alpha value is -1.64. The van der Waals surface area contributed by atoms with Gasteiger partial charge in [0.1, 0.15) is 5.75 Å². The van der Waals surface area contributed by atoms with Crippen LogP contribution in [0, 0.1) is 0 Å². The lowest BCUT2D eigenvalue weighted by atomic mass is 10.0. The van der Waals surface area contributed by atoms with E-state index in [2.05, 4.69) is 0 Å². The number of hydrogen-bond acceptors (Lipinski definition) is 5. The SMILES string of the molecule is CCN(CC(=O)O)C1CCN(S(=O)(=O)c2ccc(OC(C)C)cc2)CC1. The number of nitrogens with zero attached hydrogens (tertiary/aromatic N) is 2. The highest BCUT2D eigenvalue weighted by Crippen LogP contribution is 2.25. The maximum Gasteiger partial charge on any atom is 0.317 e. The van der Waals surface area contributed by atoms with E-state index < -0.39 is 16.0 Å². The van der Waals surface area contributed by atoms with Gasteiger partial charge < -0.3 is 9.84 Å². The van der Waals surface area contributed by atoms with Crippen LogP contribution in [-0.2, 0) is 14.8 Å². The maximum absolute atomic E-state index is 12.8. The normalized spacial score (nSPS) is 17.0. The van der Waals surface area contributed by atoms with Crippen LogP contribution in [0.4, 0.5) is 0 Å². The van der Waals surface area contributed by atoms with Crippen LogP contribution in [0.25, 0.3) is 0 Å². The molecule has 0 spiro atoms. The number of carboxylic acids is 1. The first kappa shape index (κ1) is 20.7. The van der Waals surface area contributed by atoms with Gasteiger partial charge in [-0.15, -0.1) is 0 Å². The summed E-state index contributed by atoms with van der Waals surface area (Å²) in [5.74, 6) is -0.212. The minimum absolute atomic E-state index is 0.00870. The van der Waals surface area contributed by atoms with Gasteiger partial charge in [0.15, 0.2) is 0 Å². The molecule has 0 aliphatic carbocycles. The monoisotopic (exact) mass is 384 g/mol. The number of carboxylic acid groups (broad SMARTS) is 1. The quantitative estimate of drug-likeness (QED) is 0.738. The Morgan fingerprint density at radius 3 is 2.31 bits per heavy atom. The highest BCUT2D eigenvalue weighted by molar-refractivity contribution is 7.89. The average molecular weight is 384 g/mol. The zero-order valence-corrected chi connectivity index (χ0v) is 16.4. The molecule has 1 aliphatic rings. The van der Waals surface area contributed by atoms with E-state index in [1.165, 1.54) is 4.31 Å². The minimum atomic E-state index is -3.54. The lowest BCUT2D eigenvalue weighted by molar-refractivity contribution is -0.139. The van der Waals surface area contributed by atoms with Crippen molar-refractivity contribution in [2.75, 3.05) is 26.2 Å². The number of piperidine rings is 1. The average Bonchev–Trinajstić information content (AvgIpc) is 2.59. The van der Waals surface area contributed by atoms with Crippen LogP contribution in [-0.4, -0.2) is 67.0 Å². The Morgan fingerprint density at radius 2 is 1.85 bits per heavy atom. The molecule has 1 heterocycles.